The molecular formula is C22H29N3O4S2. The van der Waals surface area contributed by atoms with Crippen LogP contribution in [0.25, 0.3) is 0 Å². The molecule has 3 rings (SSSR count). The molecule has 2 atom stereocenters. The van der Waals surface area contributed by atoms with Crippen molar-refractivity contribution < 1.29 is 17.9 Å². The van der Waals surface area contributed by atoms with Gasteiger partial charge in [0.1, 0.15) is 11.5 Å². The number of ether oxygens (including phenoxy) is 1. The number of carbonyl (C=O) groups is 1. The Morgan fingerprint density at radius 2 is 1.71 bits per heavy atom. The lowest BCUT2D eigenvalue weighted by Crippen LogP contribution is -2.41. The third kappa shape index (κ3) is 6.70. The molecule has 1 heterocycles. The van der Waals surface area contributed by atoms with Gasteiger partial charge in [-0.25, -0.2) is 13.1 Å². The second kappa shape index (κ2) is 11.0. The van der Waals surface area contributed by atoms with Crippen LogP contribution >= 0.6 is 12.6 Å². The molecule has 3 N–H and O–H groups in total. The van der Waals surface area contributed by atoms with E-state index in [9.17, 15) is 13.2 Å². The lowest BCUT2D eigenvalue weighted by Gasteiger charge is -2.17. The molecule has 1 aliphatic heterocycles. The highest BCUT2D eigenvalue weighted by atomic mass is 32.2. The van der Waals surface area contributed by atoms with E-state index in [-0.39, 0.29) is 16.1 Å². The molecule has 1 amide bonds. The lowest BCUT2D eigenvalue weighted by atomic mass is 10.2. The maximum Gasteiger partial charge on any atom is 0.240 e. The number of nitrogens with zero attached hydrogens (tertiary/aromatic N) is 1. The van der Waals surface area contributed by atoms with E-state index in [1.165, 1.54) is 12.1 Å². The van der Waals surface area contributed by atoms with Gasteiger partial charge >= 0.3 is 0 Å². The normalized spacial score (nSPS) is 18.8. The topological polar surface area (TPSA) is 102 Å². The molecule has 0 bridgehead atoms. The summed E-state index contributed by atoms with van der Waals surface area (Å²) in [5, 5.41) is -0.261. The fraction of sp³-hybridized carbons (Fsp3) is 0.409. The number of nitrogens with two attached hydrogens (primary N) is 1. The monoisotopic (exact) mass is 463 g/mol. The number of para-hydroxylation sites is 1. The number of hydrogen-bond acceptors (Lipinski definition) is 6. The second-order valence-corrected chi connectivity index (χ2v) is 9.96. The van der Waals surface area contributed by atoms with Crippen molar-refractivity contribution in [1.29, 1.82) is 0 Å². The van der Waals surface area contributed by atoms with Crippen LogP contribution in [-0.2, 0) is 14.8 Å². The van der Waals surface area contributed by atoms with Crippen molar-refractivity contribution in [3.8, 4) is 11.5 Å². The van der Waals surface area contributed by atoms with Crippen LogP contribution in [0, 0.1) is 0 Å². The van der Waals surface area contributed by atoms with E-state index in [2.05, 4.69) is 17.4 Å². The standard InChI is InChI=1S/C22H29N3O4S2/c23-14-6-2-5-9-22(26)25-15-20(21(30)16-25)24-31(27,28)19-12-10-18(11-13-19)29-17-7-3-1-4-8-17/h1,3-4,7-8,10-13,20-21,24,30H,2,5-6,9,14-16,23H2/t20-,21-/m1/s1. The largest absolute Gasteiger partial charge is 0.457 e. The average molecular weight is 464 g/mol. The molecule has 2 aromatic carbocycles. The van der Waals surface area contributed by atoms with Crippen LogP contribution < -0.4 is 15.2 Å². The molecule has 0 aliphatic carbocycles. The van der Waals surface area contributed by atoms with E-state index >= 15 is 0 Å². The van der Waals surface area contributed by atoms with Crippen molar-refractivity contribution in [3.05, 3.63) is 54.6 Å². The summed E-state index contributed by atoms with van der Waals surface area (Å²) in [6.07, 6.45) is 3.06. The number of unbranched alkanes of at least 4 members (excludes halogenated alkanes) is 2. The molecule has 0 saturated carbocycles. The van der Waals surface area contributed by atoms with Crippen molar-refractivity contribution in [1.82, 2.24) is 9.62 Å². The van der Waals surface area contributed by atoms with Crippen molar-refractivity contribution in [2.75, 3.05) is 19.6 Å². The van der Waals surface area contributed by atoms with Gasteiger partial charge in [0.2, 0.25) is 15.9 Å². The Morgan fingerprint density at radius 1 is 1.03 bits per heavy atom. The number of amides is 1. The fourth-order valence-corrected chi connectivity index (χ4v) is 5.17. The molecular weight excluding hydrogens is 434 g/mol. The van der Waals surface area contributed by atoms with Gasteiger partial charge in [-0.1, -0.05) is 24.6 Å². The summed E-state index contributed by atoms with van der Waals surface area (Å²) in [5.41, 5.74) is 5.48. The third-order valence-corrected chi connectivity index (χ3v) is 7.18. The van der Waals surface area contributed by atoms with E-state index in [1.807, 2.05) is 30.3 Å². The summed E-state index contributed by atoms with van der Waals surface area (Å²) in [6, 6.07) is 15.1. The van der Waals surface area contributed by atoms with Crippen LogP contribution in [0.1, 0.15) is 25.7 Å². The zero-order chi connectivity index (χ0) is 22.3. The first kappa shape index (κ1) is 23.6. The van der Waals surface area contributed by atoms with Crippen molar-refractivity contribution in [3.63, 3.8) is 0 Å². The molecule has 2 aromatic rings. The highest BCUT2D eigenvalue weighted by Crippen LogP contribution is 2.24. The summed E-state index contributed by atoms with van der Waals surface area (Å²) in [4.78, 5) is 14.2. The number of benzene rings is 2. The minimum Gasteiger partial charge on any atom is -0.457 e. The average Bonchev–Trinajstić information content (AvgIpc) is 3.12. The van der Waals surface area contributed by atoms with Crippen LogP contribution in [0.15, 0.2) is 59.5 Å². The first-order valence-corrected chi connectivity index (χ1v) is 12.4. The number of hydrogen-bond donors (Lipinski definition) is 3. The van der Waals surface area contributed by atoms with Crippen LogP contribution in [0.2, 0.25) is 0 Å². The van der Waals surface area contributed by atoms with E-state index in [4.69, 9.17) is 10.5 Å². The molecule has 0 spiro atoms. The van der Waals surface area contributed by atoms with Gasteiger partial charge in [-0.3, -0.25) is 4.79 Å². The molecule has 0 radical (unpaired) electrons. The predicted octanol–water partition coefficient (Wildman–Crippen LogP) is 2.79. The van der Waals surface area contributed by atoms with E-state index in [0.29, 0.717) is 37.6 Å². The number of sulfonamides is 1. The summed E-state index contributed by atoms with van der Waals surface area (Å²) >= 11 is 4.50. The SMILES string of the molecule is NCCCCCC(=O)N1C[C@@H](S)[C@H](NS(=O)(=O)c2ccc(Oc3ccccc3)cc2)C1. The van der Waals surface area contributed by atoms with Gasteiger partial charge in [-0.05, 0) is 55.8 Å². The lowest BCUT2D eigenvalue weighted by molar-refractivity contribution is -0.130. The quantitative estimate of drug-likeness (QED) is 0.372. The summed E-state index contributed by atoms with van der Waals surface area (Å²) < 4.78 is 34.0. The number of likely N-dealkylation sites (tertiary alicyclic amines) is 1. The van der Waals surface area contributed by atoms with Gasteiger partial charge in [0.25, 0.3) is 0 Å². The first-order chi connectivity index (χ1) is 14.9. The fourth-order valence-electron chi connectivity index (χ4n) is 3.44. The Morgan fingerprint density at radius 3 is 2.39 bits per heavy atom. The second-order valence-electron chi connectivity index (χ2n) is 7.58. The van der Waals surface area contributed by atoms with Crippen molar-refractivity contribution >= 4 is 28.6 Å². The van der Waals surface area contributed by atoms with Gasteiger partial charge in [0, 0.05) is 24.8 Å². The smallest absolute Gasteiger partial charge is 0.240 e. The third-order valence-electron chi connectivity index (χ3n) is 5.16. The molecule has 9 heteroatoms. The molecule has 1 aliphatic rings. The molecule has 168 valence electrons. The van der Waals surface area contributed by atoms with Crippen molar-refractivity contribution in [2.24, 2.45) is 5.73 Å². The van der Waals surface area contributed by atoms with Gasteiger partial charge in [0.05, 0.1) is 10.9 Å². The number of thiol groups is 1. The molecule has 0 aromatic heterocycles. The zero-order valence-corrected chi connectivity index (χ0v) is 19.0. The molecule has 7 nitrogen and oxygen atoms in total. The zero-order valence-electron chi connectivity index (χ0n) is 17.3. The summed E-state index contributed by atoms with van der Waals surface area (Å²) in [6.45, 7) is 1.37. The molecule has 1 fully saturated rings. The molecule has 0 unspecified atom stereocenters. The summed E-state index contributed by atoms with van der Waals surface area (Å²) in [7, 11) is -3.75. The van der Waals surface area contributed by atoms with Gasteiger partial charge < -0.3 is 15.4 Å². The van der Waals surface area contributed by atoms with Gasteiger partial charge in [-0.2, -0.15) is 12.6 Å². The van der Waals surface area contributed by atoms with Crippen LogP contribution in [0.3, 0.4) is 0 Å². The number of nitrogens with one attached hydrogen (secondary N) is 1. The first-order valence-electron chi connectivity index (χ1n) is 10.4. The van der Waals surface area contributed by atoms with E-state index in [1.54, 1.807) is 17.0 Å². The minimum atomic E-state index is -3.75. The number of rotatable bonds is 10. The maximum absolute atomic E-state index is 12.8. The highest BCUT2D eigenvalue weighted by molar-refractivity contribution is 7.89. The molecule has 31 heavy (non-hydrogen) atoms. The predicted molar refractivity (Wildman–Crippen MR) is 124 cm³/mol. The minimum absolute atomic E-state index is 0.0279. The Labute approximate surface area is 189 Å². The van der Waals surface area contributed by atoms with Crippen LogP contribution in [-0.4, -0.2) is 50.2 Å². The summed E-state index contributed by atoms with van der Waals surface area (Å²) in [5.74, 6) is 1.25. The Kier molecular flexibility index (Phi) is 8.36. The number of carbonyl (C=O) groups excluding carboxylic acids is 1. The Bertz CT molecular complexity index is 952. The van der Waals surface area contributed by atoms with E-state index < -0.39 is 16.1 Å². The molecule has 1 saturated heterocycles. The van der Waals surface area contributed by atoms with Crippen LogP contribution in [0.5, 0.6) is 11.5 Å². The van der Waals surface area contributed by atoms with Gasteiger partial charge in [-0.15, -0.1) is 0 Å². The Balaban J connectivity index is 1.56. The van der Waals surface area contributed by atoms with Gasteiger partial charge in [0.15, 0.2) is 0 Å². The van der Waals surface area contributed by atoms with E-state index in [0.717, 1.165) is 19.3 Å². The van der Waals surface area contributed by atoms with Crippen LogP contribution in [0.4, 0.5) is 0 Å². The Hall–Kier alpha value is -2.07. The maximum atomic E-state index is 12.8. The van der Waals surface area contributed by atoms with Crippen molar-refractivity contribution in [2.45, 2.75) is 41.9 Å². The highest BCUT2D eigenvalue weighted by Gasteiger charge is 2.35.